The van der Waals surface area contributed by atoms with Crippen LogP contribution in [-0.4, -0.2) is 24.6 Å². The fourth-order valence-corrected chi connectivity index (χ4v) is 4.90. The maximum atomic E-state index is 10.7. The van der Waals surface area contributed by atoms with E-state index >= 15 is 0 Å². The van der Waals surface area contributed by atoms with Crippen molar-refractivity contribution in [1.29, 1.82) is 0 Å². The summed E-state index contributed by atoms with van der Waals surface area (Å²) >= 11 is 0. The number of hydrogen-bond acceptors (Lipinski definition) is 3. The maximum Gasteiger partial charge on any atom is 0.294 e. The molecule has 0 aliphatic carbocycles. The summed E-state index contributed by atoms with van der Waals surface area (Å²) < 4.78 is 42.4. The highest BCUT2D eigenvalue weighted by atomic mass is 32.2. The van der Waals surface area contributed by atoms with Crippen molar-refractivity contribution < 1.29 is 22.1 Å². The van der Waals surface area contributed by atoms with Crippen molar-refractivity contribution in [3.05, 3.63) is 84.9 Å². The third-order valence-electron chi connectivity index (χ3n) is 3.69. The molecule has 3 rings (SSSR count). The molecule has 0 bridgehead atoms. The van der Waals surface area contributed by atoms with Gasteiger partial charge in [-0.15, -0.1) is 0 Å². The van der Waals surface area contributed by atoms with Crippen LogP contribution in [0, 0.1) is 0 Å². The molecular weight excluding hydrogens is 422 g/mol. The number of benzene rings is 3. The van der Waals surface area contributed by atoms with E-state index in [1.165, 1.54) is 15.9 Å². The molecule has 30 heavy (non-hydrogen) atoms. The smallest absolute Gasteiger partial charge is 0.294 e. The molecule has 0 saturated heterocycles. The summed E-state index contributed by atoms with van der Waals surface area (Å²) in [5, 5.41) is 4.06. The fourth-order valence-electron chi connectivity index (χ4n) is 2.62. The molecule has 3 aromatic carbocycles. The van der Waals surface area contributed by atoms with E-state index in [0.29, 0.717) is 0 Å². The molecule has 0 spiro atoms. The summed E-state index contributed by atoms with van der Waals surface area (Å²) in [4.78, 5) is 0. The van der Waals surface area contributed by atoms with Gasteiger partial charge in [0, 0.05) is 0 Å². The molecule has 0 aromatic heterocycles. The van der Waals surface area contributed by atoms with Gasteiger partial charge in [-0.05, 0) is 56.7 Å². The van der Waals surface area contributed by atoms with Crippen LogP contribution in [0.25, 0.3) is 0 Å². The van der Waals surface area contributed by atoms with Crippen LogP contribution in [0.15, 0.2) is 84.9 Å². The predicted molar refractivity (Wildman–Crippen MR) is 123 cm³/mol. The lowest BCUT2D eigenvalue weighted by molar-refractivity contribution is 0.131. The van der Waals surface area contributed by atoms with Crippen LogP contribution in [-0.2, 0) is 10.1 Å². The minimum absolute atomic E-state index is 0.175. The molecule has 0 fully saturated rings. The normalized spacial score (nSPS) is 11.5. The van der Waals surface area contributed by atoms with E-state index in [1.807, 2.05) is 0 Å². The van der Waals surface area contributed by atoms with Gasteiger partial charge < -0.3 is 4.74 Å². The second-order valence-electron chi connectivity index (χ2n) is 7.41. The molecule has 3 aromatic rings. The quantitative estimate of drug-likeness (QED) is 0.464. The molecule has 0 heterocycles. The largest absolute Gasteiger partial charge is 0.488 e. The lowest BCUT2D eigenvalue weighted by Gasteiger charge is -2.23. The van der Waals surface area contributed by atoms with E-state index in [0.717, 1.165) is 5.75 Å². The van der Waals surface area contributed by atoms with E-state index < -0.39 is 24.0 Å². The Morgan fingerprint density at radius 1 is 0.800 bits per heavy atom. The monoisotopic (exact) mass is 448 g/mol. The lowest BCUT2D eigenvalue weighted by atomic mass is 10.2. The molecule has 0 unspecified atom stereocenters. The second-order valence-corrected chi connectivity index (χ2v) is 11.0. The Kier molecular flexibility index (Phi) is 8.54. The highest BCUT2D eigenvalue weighted by Crippen LogP contribution is 2.33. The molecule has 1 N–H and O–H groups in total. The van der Waals surface area contributed by atoms with Crippen molar-refractivity contribution in [2.24, 2.45) is 0 Å². The Morgan fingerprint density at radius 3 is 1.50 bits per heavy atom. The van der Waals surface area contributed by atoms with E-state index in [-0.39, 0.29) is 5.60 Å². The van der Waals surface area contributed by atoms with E-state index in [9.17, 15) is 12.8 Å². The summed E-state index contributed by atoms with van der Waals surface area (Å²) in [6.07, 6.45) is 0. The Balaban J connectivity index is 0.000000469. The predicted octanol–water partition coefficient (Wildman–Crippen LogP) is 4.42. The summed E-state index contributed by atoms with van der Waals surface area (Å²) in [7, 11) is -4.88. The van der Waals surface area contributed by atoms with Crippen LogP contribution in [0.3, 0.4) is 0 Å². The second kappa shape index (κ2) is 10.7. The molecule has 7 heteroatoms. The summed E-state index contributed by atoms with van der Waals surface area (Å²) in [5.74, 6) is 0.919. The van der Waals surface area contributed by atoms with Crippen LogP contribution in [0.4, 0.5) is 4.39 Å². The third kappa shape index (κ3) is 8.23. The van der Waals surface area contributed by atoms with Gasteiger partial charge in [0.25, 0.3) is 10.1 Å². The van der Waals surface area contributed by atoms with Crippen LogP contribution < -0.4 is 20.7 Å². The number of alkyl halides is 1. The van der Waals surface area contributed by atoms with Crippen molar-refractivity contribution in [3.8, 4) is 5.75 Å². The number of hydrogen-bond donors (Lipinski definition) is 1. The first-order valence-corrected chi connectivity index (χ1v) is 12.2. The van der Waals surface area contributed by atoms with Gasteiger partial charge in [0.2, 0.25) is 6.01 Å². The van der Waals surface area contributed by atoms with E-state index in [4.69, 9.17) is 9.29 Å². The first kappa shape index (κ1) is 24.0. The average Bonchev–Trinajstić information content (AvgIpc) is 2.70. The molecule has 4 nitrogen and oxygen atoms in total. The average molecular weight is 448 g/mol. The zero-order valence-corrected chi connectivity index (χ0v) is 18.9. The summed E-state index contributed by atoms with van der Waals surface area (Å²) in [5.41, 5.74) is -0.175. The van der Waals surface area contributed by atoms with Gasteiger partial charge in [-0.1, -0.05) is 72.8 Å². The zero-order valence-electron chi connectivity index (χ0n) is 17.2. The summed E-state index contributed by atoms with van der Waals surface area (Å²) in [6, 6.07) is 28.4. The van der Waals surface area contributed by atoms with Gasteiger partial charge >= 0.3 is 0 Å². The zero-order chi connectivity index (χ0) is 22.2. The van der Waals surface area contributed by atoms with Crippen molar-refractivity contribution in [2.75, 3.05) is 6.01 Å². The number of ether oxygens (including phenoxy) is 1. The summed E-state index contributed by atoms with van der Waals surface area (Å²) in [6.45, 7) is 6.21. The lowest BCUT2D eigenvalue weighted by Crippen LogP contribution is -2.23. The van der Waals surface area contributed by atoms with Gasteiger partial charge in [-0.3, -0.25) is 4.55 Å². The highest BCUT2D eigenvalue weighted by molar-refractivity contribution is 7.85. The maximum absolute atomic E-state index is 10.7. The van der Waals surface area contributed by atoms with Crippen molar-refractivity contribution >= 4 is 34.0 Å². The molecule has 0 amide bonds. The van der Waals surface area contributed by atoms with E-state index in [2.05, 4.69) is 106 Å². The van der Waals surface area contributed by atoms with Crippen molar-refractivity contribution in [1.82, 2.24) is 0 Å². The minimum Gasteiger partial charge on any atom is -0.488 e. The SMILES string of the molecule is CC(C)(C)Oc1ccc(P(c2ccccc2)c2ccccc2)cc1.O=S(=O)(O)CF. The standard InChI is InChI=1S/C22H23OP.CH3FO3S/c1-22(2,3)23-18-14-16-21(17-15-18)24(19-10-6-4-7-11-19)20-12-8-5-9-13-20;2-1-6(3,4)5/h4-17H,1-3H3;1H2,(H,3,4,5). The van der Waals surface area contributed by atoms with Gasteiger partial charge in [-0.25, -0.2) is 4.39 Å². The van der Waals surface area contributed by atoms with Crippen molar-refractivity contribution in [3.63, 3.8) is 0 Å². The molecule has 0 aliphatic heterocycles. The van der Waals surface area contributed by atoms with Crippen LogP contribution in [0.5, 0.6) is 5.75 Å². The van der Waals surface area contributed by atoms with Crippen LogP contribution in [0.2, 0.25) is 0 Å². The van der Waals surface area contributed by atoms with Crippen LogP contribution >= 0.6 is 7.92 Å². The van der Waals surface area contributed by atoms with Gasteiger partial charge in [0.05, 0.1) is 0 Å². The molecule has 0 aliphatic rings. The topological polar surface area (TPSA) is 63.6 Å². The molecule has 160 valence electrons. The first-order chi connectivity index (χ1) is 14.1. The Bertz CT molecular complexity index is 963. The molecule has 0 radical (unpaired) electrons. The van der Waals surface area contributed by atoms with Gasteiger partial charge in [0.1, 0.15) is 11.4 Å². The minimum atomic E-state index is -4.33. The number of rotatable bonds is 5. The highest BCUT2D eigenvalue weighted by Gasteiger charge is 2.17. The Hall–Kier alpha value is -2.27. The number of halogens is 1. The Labute approximate surface area is 179 Å². The first-order valence-electron chi connectivity index (χ1n) is 9.29. The van der Waals surface area contributed by atoms with Crippen molar-refractivity contribution in [2.45, 2.75) is 26.4 Å². The fraction of sp³-hybridized carbons (Fsp3) is 0.217. The van der Waals surface area contributed by atoms with E-state index in [1.54, 1.807) is 0 Å². The molecule has 0 saturated carbocycles. The molecule has 0 atom stereocenters. The Morgan fingerprint density at radius 2 is 1.17 bits per heavy atom. The third-order valence-corrected chi connectivity index (χ3v) is 6.41. The molecular formula is C23H26FO4PS. The van der Waals surface area contributed by atoms with Gasteiger partial charge in [-0.2, -0.15) is 8.42 Å². The van der Waals surface area contributed by atoms with Crippen LogP contribution in [0.1, 0.15) is 20.8 Å². The van der Waals surface area contributed by atoms with Gasteiger partial charge in [0.15, 0.2) is 0 Å².